The van der Waals surface area contributed by atoms with Gasteiger partial charge in [0.2, 0.25) is 0 Å². The summed E-state index contributed by atoms with van der Waals surface area (Å²) in [6.45, 7) is 5.37. The standard InChI is InChI=1S/C10H21NO/c1-9(2)11-8-10(12-3)6-4-5-7-10/h9,11H,4-8H2,1-3H3. The summed E-state index contributed by atoms with van der Waals surface area (Å²) in [5.41, 5.74) is 0.157. The lowest BCUT2D eigenvalue weighted by atomic mass is 10.0. The zero-order valence-corrected chi connectivity index (χ0v) is 8.52. The van der Waals surface area contributed by atoms with Gasteiger partial charge in [-0.15, -0.1) is 0 Å². The summed E-state index contributed by atoms with van der Waals surface area (Å²) in [6, 6.07) is 0.567. The van der Waals surface area contributed by atoms with E-state index in [2.05, 4.69) is 19.2 Å². The van der Waals surface area contributed by atoms with Gasteiger partial charge >= 0.3 is 0 Å². The van der Waals surface area contributed by atoms with E-state index in [-0.39, 0.29) is 5.60 Å². The van der Waals surface area contributed by atoms with Crippen molar-refractivity contribution in [2.45, 2.75) is 51.2 Å². The topological polar surface area (TPSA) is 21.3 Å². The molecule has 0 aromatic heterocycles. The highest BCUT2D eigenvalue weighted by molar-refractivity contribution is 4.88. The van der Waals surface area contributed by atoms with Gasteiger partial charge in [0.15, 0.2) is 0 Å². The van der Waals surface area contributed by atoms with Gasteiger partial charge in [-0.25, -0.2) is 0 Å². The summed E-state index contributed by atoms with van der Waals surface area (Å²) in [5, 5.41) is 3.45. The largest absolute Gasteiger partial charge is 0.377 e. The quantitative estimate of drug-likeness (QED) is 0.698. The number of nitrogens with one attached hydrogen (secondary N) is 1. The van der Waals surface area contributed by atoms with E-state index < -0.39 is 0 Å². The van der Waals surface area contributed by atoms with Crippen molar-refractivity contribution in [1.29, 1.82) is 0 Å². The fourth-order valence-electron chi connectivity index (χ4n) is 1.86. The molecule has 0 radical (unpaired) electrons. The van der Waals surface area contributed by atoms with E-state index in [1.165, 1.54) is 25.7 Å². The first-order valence-electron chi connectivity index (χ1n) is 4.97. The number of hydrogen-bond donors (Lipinski definition) is 1. The normalized spacial score (nSPS) is 22.0. The van der Waals surface area contributed by atoms with Crippen LogP contribution in [0.25, 0.3) is 0 Å². The number of hydrogen-bond acceptors (Lipinski definition) is 2. The van der Waals surface area contributed by atoms with Crippen LogP contribution in [0.2, 0.25) is 0 Å². The lowest BCUT2D eigenvalue weighted by molar-refractivity contribution is -0.00452. The molecule has 0 aliphatic heterocycles. The Bertz CT molecular complexity index is 128. The molecule has 12 heavy (non-hydrogen) atoms. The zero-order chi connectivity index (χ0) is 9.03. The van der Waals surface area contributed by atoms with Crippen LogP contribution in [0.15, 0.2) is 0 Å². The van der Waals surface area contributed by atoms with Crippen molar-refractivity contribution in [3.05, 3.63) is 0 Å². The van der Waals surface area contributed by atoms with Gasteiger partial charge in [0.05, 0.1) is 5.60 Å². The Morgan fingerprint density at radius 2 is 1.92 bits per heavy atom. The van der Waals surface area contributed by atoms with Gasteiger partial charge in [0, 0.05) is 19.7 Å². The van der Waals surface area contributed by atoms with Crippen LogP contribution in [0.4, 0.5) is 0 Å². The van der Waals surface area contributed by atoms with E-state index in [9.17, 15) is 0 Å². The van der Waals surface area contributed by atoms with E-state index in [0.29, 0.717) is 6.04 Å². The fraction of sp³-hybridized carbons (Fsp3) is 1.00. The van der Waals surface area contributed by atoms with Crippen molar-refractivity contribution >= 4 is 0 Å². The monoisotopic (exact) mass is 171 g/mol. The maximum absolute atomic E-state index is 5.59. The first-order valence-corrected chi connectivity index (χ1v) is 4.97. The predicted octanol–water partition coefficient (Wildman–Crippen LogP) is 1.94. The summed E-state index contributed by atoms with van der Waals surface area (Å²) < 4.78 is 5.59. The summed E-state index contributed by atoms with van der Waals surface area (Å²) >= 11 is 0. The van der Waals surface area contributed by atoms with Gasteiger partial charge in [-0.2, -0.15) is 0 Å². The van der Waals surface area contributed by atoms with Gasteiger partial charge in [-0.05, 0) is 12.8 Å². The molecule has 0 aromatic rings. The minimum Gasteiger partial charge on any atom is -0.377 e. The van der Waals surface area contributed by atoms with Gasteiger partial charge in [-0.3, -0.25) is 0 Å². The highest BCUT2D eigenvalue weighted by Gasteiger charge is 2.33. The van der Waals surface area contributed by atoms with Crippen LogP contribution >= 0.6 is 0 Å². The molecule has 0 bridgehead atoms. The minimum atomic E-state index is 0.157. The molecule has 1 fully saturated rings. The third kappa shape index (κ3) is 2.46. The fourth-order valence-corrected chi connectivity index (χ4v) is 1.86. The molecule has 2 heteroatoms. The second-order valence-electron chi connectivity index (χ2n) is 4.13. The van der Waals surface area contributed by atoms with Crippen molar-refractivity contribution in [2.24, 2.45) is 0 Å². The molecule has 0 heterocycles. The molecule has 1 aliphatic carbocycles. The van der Waals surface area contributed by atoms with Gasteiger partial charge in [-0.1, -0.05) is 26.7 Å². The van der Waals surface area contributed by atoms with Crippen LogP contribution in [0, 0.1) is 0 Å². The minimum absolute atomic E-state index is 0.157. The highest BCUT2D eigenvalue weighted by atomic mass is 16.5. The van der Waals surface area contributed by atoms with Crippen LogP contribution < -0.4 is 5.32 Å². The molecule has 0 atom stereocenters. The smallest absolute Gasteiger partial charge is 0.0802 e. The van der Waals surface area contributed by atoms with E-state index in [1.54, 1.807) is 0 Å². The van der Waals surface area contributed by atoms with E-state index >= 15 is 0 Å². The van der Waals surface area contributed by atoms with Crippen molar-refractivity contribution in [1.82, 2.24) is 5.32 Å². The van der Waals surface area contributed by atoms with Crippen LogP contribution in [-0.4, -0.2) is 25.3 Å². The first kappa shape index (κ1) is 10.0. The molecule has 0 saturated heterocycles. The Kier molecular flexibility index (Phi) is 3.53. The molecule has 1 rings (SSSR count). The Labute approximate surface area is 75.7 Å². The van der Waals surface area contributed by atoms with Crippen LogP contribution in [0.5, 0.6) is 0 Å². The Morgan fingerprint density at radius 1 is 1.33 bits per heavy atom. The second-order valence-corrected chi connectivity index (χ2v) is 4.13. The first-order chi connectivity index (χ1) is 5.68. The molecule has 1 aliphatic rings. The molecule has 0 amide bonds. The Balaban J connectivity index is 2.34. The molecule has 0 aromatic carbocycles. The SMILES string of the molecule is COC1(CNC(C)C)CCCC1. The van der Waals surface area contributed by atoms with Gasteiger partial charge < -0.3 is 10.1 Å². The maximum atomic E-state index is 5.59. The average Bonchev–Trinajstić information content (AvgIpc) is 2.50. The van der Waals surface area contributed by atoms with Gasteiger partial charge in [0.25, 0.3) is 0 Å². The number of ether oxygens (including phenoxy) is 1. The lowest BCUT2D eigenvalue weighted by Crippen LogP contribution is -2.42. The van der Waals surface area contributed by atoms with E-state index in [4.69, 9.17) is 4.74 Å². The number of methoxy groups -OCH3 is 1. The number of rotatable bonds is 4. The summed E-state index contributed by atoms with van der Waals surface area (Å²) in [6.07, 6.45) is 5.10. The molecule has 2 nitrogen and oxygen atoms in total. The van der Waals surface area contributed by atoms with Crippen molar-refractivity contribution < 1.29 is 4.74 Å². The summed E-state index contributed by atoms with van der Waals surface area (Å²) in [5.74, 6) is 0. The highest BCUT2D eigenvalue weighted by Crippen LogP contribution is 2.31. The van der Waals surface area contributed by atoms with Crippen LogP contribution in [0.1, 0.15) is 39.5 Å². The maximum Gasteiger partial charge on any atom is 0.0802 e. The molecule has 0 unspecified atom stereocenters. The van der Waals surface area contributed by atoms with E-state index in [1.807, 2.05) is 7.11 Å². The summed E-state index contributed by atoms with van der Waals surface area (Å²) in [7, 11) is 1.84. The second kappa shape index (κ2) is 4.24. The zero-order valence-electron chi connectivity index (χ0n) is 8.52. The molecular weight excluding hydrogens is 150 g/mol. The Hall–Kier alpha value is -0.0800. The molecule has 0 spiro atoms. The molecule has 72 valence electrons. The van der Waals surface area contributed by atoms with Gasteiger partial charge in [0.1, 0.15) is 0 Å². The molecule has 1 N–H and O–H groups in total. The third-order valence-electron chi connectivity index (χ3n) is 2.78. The lowest BCUT2D eigenvalue weighted by Gasteiger charge is -2.28. The molecular formula is C10H21NO. The predicted molar refractivity (Wildman–Crippen MR) is 51.3 cm³/mol. The average molecular weight is 171 g/mol. The Morgan fingerprint density at radius 3 is 2.33 bits per heavy atom. The van der Waals surface area contributed by atoms with Crippen molar-refractivity contribution in [2.75, 3.05) is 13.7 Å². The summed E-state index contributed by atoms with van der Waals surface area (Å²) in [4.78, 5) is 0. The van der Waals surface area contributed by atoms with Crippen LogP contribution in [-0.2, 0) is 4.74 Å². The van der Waals surface area contributed by atoms with Crippen LogP contribution in [0.3, 0.4) is 0 Å². The molecule has 1 saturated carbocycles. The van der Waals surface area contributed by atoms with Crippen molar-refractivity contribution in [3.63, 3.8) is 0 Å². The third-order valence-corrected chi connectivity index (χ3v) is 2.78. The van der Waals surface area contributed by atoms with E-state index in [0.717, 1.165) is 6.54 Å². The van der Waals surface area contributed by atoms with Crippen molar-refractivity contribution in [3.8, 4) is 0 Å².